The second-order valence-corrected chi connectivity index (χ2v) is 4.55. The van der Waals surface area contributed by atoms with Crippen molar-refractivity contribution < 1.29 is 10.0 Å². The first-order chi connectivity index (χ1) is 7.41. The van der Waals surface area contributed by atoms with Crippen molar-refractivity contribution in [2.45, 2.75) is 19.4 Å². The number of β-amino-alcohol motifs (C(OH)–C–C–N with tert-alkyl or cyclic N) is 1. The Morgan fingerprint density at radius 2 is 2.12 bits per heavy atom. The molecule has 1 aliphatic heterocycles. The minimum absolute atomic E-state index is 0.107. The average Bonchev–Trinajstić information content (AvgIpc) is 2.13. The van der Waals surface area contributed by atoms with Crippen molar-refractivity contribution in [3.05, 3.63) is 33.9 Å². The summed E-state index contributed by atoms with van der Waals surface area (Å²) in [6.07, 6.45) is 0. The second-order valence-electron chi connectivity index (χ2n) is 4.55. The fourth-order valence-corrected chi connectivity index (χ4v) is 2.14. The minimum atomic E-state index is -0.726. The molecule has 0 spiro atoms. The molecule has 0 aliphatic carbocycles. The molecule has 0 saturated carbocycles. The average molecular weight is 222 g/mol. The van der Waals surface area contributed by atoms with E-state index in [0.29, 0.717) is 18.8 Å². The number of hydrogen-bond acceptors (Lipinski definition) is 4. The van der Waals surface area contributed by atoms with E-state index in [4.69, 9.17) is 0 Å². The molecule has 5 nitrogen and oxygen atoms in total. The standard InChI is InChI=1S/C11H14N2O3/c1-8-4-3-5-9(13(15)16)10(8)12-6-11(2,14)7-12/h3-5,14H,6-7H2,1-2H3. The van der Waals surface area contributed by atoms with Gasteiger partial charge in [0.05, 0.1) is 10.5 Å². The van der Waals surface area contributed by atoms with Gasteiger partial charge in [-0.15, -0.1) is 0 Å². The molecule has 1 aromatic carbocycles. The van der Waals surface area contributed by atoms with Crippen LogP contribution in [0.5, 0.6) is 0 Å². The van der Waals surface area contributed by atoms with Gasteiger partial charge in [0.2, 0.25) is 0 Å². The van der Waals surface area contributed by atoms with Crippen LogP contribution in [0.2, 0.25) is 0 Å². The Labute approximate surface area is 93.5 Å². The lowest BCUT2D eigenvalue weighted by molar-refractivity contribution is -0.384. The van der Waals surface area contributed by atoms with Crippen molar-refractivity contribution in [1.29, 1.82) is 0 Å². The summed E-state index contributed by atoms with van der Waals surface area (Å²) in [7, 11) is 0. The van der Waals surface area contributed by atoms with Crippen LogP contribution < -0.4 is 4.90 Å². The lowest BCUT2D eigenvalue weighted by Crippen LogP contribution is -2.60. The number of nitro benzene ring substituents is 1. The maximum atomic E-state index is 10.9. The van der Waals surface area contributed by atoms with Gasteiger partial charge in [0.1, 0.15) is 5.69 Å². The lowest BCUT2D eigenvalue weighted by atomic mass is 9.94. The summed E-state index contributed by atoms with van der Waals surface area (Å²) in [5, 5.41) is 20.5. The van der Waals surface area contributed by atoms with Gasteiger partial charge < -0.3 is 10.0 Å². The number of nitrogens with zero attached hydrogens (tertiary/aromatic N) is 2. The Bertz CT molecular complexity index is 435. The van der Waals surface area contributed by atoms with E-state index in [1.54, 1.807) is 13.0 Å². The van der Waals surface area contributed by atoms with Crippen molar-refractivity contribution in [3.8, 4) is 0 Å². The highest BCUT2D eigenvalue weighted by molar-refractivity contribution is 5.69. The fraction of sp³-hybridized carbons (Fsp3) is 0.455. The van der Waals surface area contributed by atoms with E-state index in [9.17, 15) is 15.2 Å². The molecule has 1 aromatic rings. The van der Waals surface area contributed by atoms with E-state index in [-0.39, 0.29) is 10.6 Å². The number of para-hydroxylation sites is 1. The topological polar surface area (TPSA) is 66.6 Å². The third-order valence-electron chi connectivity index (χ3n) is 2.79. The number of rotatable bonds is 2. The van der Waals surface area contributed by atoms with Gasteiger partial charge in [-0.25, -0.2) is 0 Å². The molecule has 1 aliphatic rings. The van der Waals surface area contributed by atoms with Crippen molar-refractivity contribution in [2.24, 2.45) is 0 Å². The zero-order valence-electron chi connectivity index (χ0n) is 9.30. The SMILES string of the molecule is Cc1cccc([N+](=O)[O-])c1N1CC(C)(O)C1. The van der Waals surface area contributed by atoms with Crippen LogP contribution in [0.1, 0.15) is 12.5 Å². The van der Waals surface area contributed by atoms with Gasteiger partial charge in [-0.1, -0.05) is 12.1 Å². The van der Waals surface area contributed by atoms with Gasteiger partial charge in [-0.05, 0) is 19.4 Å². The number of benzene rings is 1. The summed E-state index contributed by atoms with van der Waals surface area (Å²) >= 11 is 0. The molecule has 5 heteroatoms. The molecule has 0 bridgehead atoms. The first kappa shape index (κ1) is 10.9. The molecular weight excluding hydrogens is 208 g/mol. The maximum Gasteiger partial charge on any atom is 0.292 e. The third-order valence-corrected chi connectivity index (χ3v) is 2.79. The smallest absolute Gasteiger partial charge is 0.292 e. The summed E-state index contributed by atoms with van der Waals surface area (Å²) in [4.78, 5) is 12.4. The van der Waals surface area contributed by atoms with Gasteiger partial charge in [-0.3, -0.25) is 10.1 Å². The summed E-state index contributed by atoms with van der Waals surface area (Å²) in [5.41, 5.74) is 0.870. The van der Waals surface area contributed by atoms with E-state index >= 15 is 0 Å². The largest absolute Gasteiger partial charge is 0.386 e. The second kappa shape index (κ2) is 3.45. The van der Waals surface area contributed by atoms with E-state index in [1.807, 2.05) is 17.9 Å². The highest BCUT2D eigenvalue weighted by Crippen LogP contribution is 2.36. The van der Waals surface area contributed by atoms with Gasteiger partial charge in [0, 0.05) is 19.2 Å². The predicted octanol–water partition coefficient (Wildman–Crippen LogP) is 1.47. The van der Waals surface area contributed by atoms with E-state index in [0.717, 1.165) is 5.56 Å². The zero-order valence-corrected chi connectivity index (χ0v) is 9.30. The highest BCUT2D eigenvalue weighted by Gasteiger charge is 2.39. The van der Waals surface area contributed by atoms with E-state index in [1.165, 1.54) is 6.07 Å². The molecule has 1 N–H and O–H groups in total. The summed E-state index contributed by atoms with van der Waals surface area (Å²) in [6, 6.07) is 5.01. The number of aliphatic hydroxyl groups is 1. The molecule has 0 aromatic heterocycles. The van der Waals surface area contributed by atoms with E-state index < -0.39 is 5.60 Å². The summed E-state index contributed by atoms with van der Waals surface area (Å²) < 4.78 is 0. The monoisotopic (exact) mass is 222 g/mol. The highest BCUT2D eigenvalue weighted by atomic mass is 16.6. The Morgan fingerprint density at radius 3 is 2.62 bits per heavy atom. The van der Waals surface area contributed by atoms with Crippen LogP contribution in [0.3, 0.4) is 0 Å². The number of aryl methyl sites for hydroxylation is 1. The molecular formula is C11H14N2O3. The van der Waals surface area contributed by atoms with Crippen LogP contribution in [-0.4, -0.2) is 28.7 Å². The summed E-state index contributed by atoms with van der Waals surface area (Å²) in [5.74, 6) is 0. The predicted molar refractivity (Wildman–Crippen MR) is 60.7 cm³/mol. The van der Waals surface area contributed by atoms with Crippen LogP contribution in [0.4, 0.5) is 11.4 Å². The van der Waals surface area contributed by atoms with Crippen molar-refractivity contribution in [2.75, 3.05) is 18.0 Å². The Balaban J connectivity index is 2.37. The fourth-order valence-electron chi connectivity index (χ4n) is 2.14. The third kappa shape index (κ3) is 1.74. The Kier molecular flexibility index (Phi) is 2.35. The van der Waals surface area contributed by atoms with Crippen LogP contribution in [0, 0.1) is 17.0 Å². The van der Waals surface area contributed by atoms with Crippen LogP contribution in [0.15, 0.2) is 18.2 Å². The van der Waals surface area contributed by atoms with Gasteiger partial charge in [0.15, 0.2) is 0 Å². The van der Waals surface area contributed by atoms with E-state index in [2.05, 4.69) is 0 Å². The van der Waals surface area contributed by atoms with Crippen LogP contribution >= 0.6 is 0 Å². The number of anilines is 1. The molecule has 2 rings (SSSR count). The first-order valence-electron chi connectivity index (χ1n) is 5.12. The molecule has 0 radical (unpaired) electrons. The zero-order chi connectivity index (χ0) is 11.9. The van der Waals surface area contributed by atoms with Crippen molar-refractivity contribution in [1.82, 2.24) is 0 Å². The number of hydrogen-bond donors (Lipinski definition) is 1. The Morgan fingerprint density at radius 1 is 1.50 bits per heavy atom. The molecule has 1 saturated heterocycles. The lowest BCUT2D eigenvalue weighted by Gasteiger charge is -2.45. The molecule has 0 atom stereocenters. The normalized spacial score (nSPS) is 18.1. The molecule has 0 amide bonds. The van der Waals surface area contributed by atoms with Crippen LogP contribution in [0.25, 0.3) is 0 Å². The van der Waals surface area contributed by atoms with Gasteiger partial charge in [-0.2, -0.15) is 0 Å². The minimum Gasteiger partial charge on any atom is -0.386 e. The molecule has 1 heterocycles. The van der Waals surface area contributed by atoms with Crippen molar-refractivity contribution in [3.63, 3.8) is 0 Å². The van der Waals surface area contributed by atoms with Gasteiger partial charge in [0.25, 0.3) is 5.69 Å². The molecule has 1 fully saturated rings. The first-order valence-corrected chi connectivity index (χ1v) is 5.12. The van der Waals surface area contributed by atoms with Crippen LogP contribution in [-0.2, 0) is 0 Å². The molecule has 16 heavy (non-hydrogen) atoms. The van der Waals surface area contributed by atoms with Crippen molar-refractivity contribution >= 4 is 11.4 Å². The summed E-state index contributed by atoms with van der Waals surface area (Å²) in [6.45, 7) is 4.46. The Hall–Kier alpha value is -1.62. The van der Waals surface area contributed by atoms with Gasteiger partial charge >= 0.3 is 0 Å². The molecule has 86 valence electrons. The number of nitro groups is 1. The quantitative estimate of drug-likeness (QED) is 0.608. The maximum absolute atomic E-state index is 10.9. The molecule has 0 unspecified atom stereocenters.